The highest BCUT2D eigenvalue weighted by Crippen LogP contribution is 2.33. The summed E-state index contributed by atoms with van der Waals surface area (Å²) in [6.45, 7) is 3.80. The van der Waals surface area contributed by atoms with Crippen LogP contribution in [0.4, 0.5) is 4.79 Å². The average molecular weight is 658 g/mol. The van der Waals surface area contributed by atoms with Gasteiger partial charge in [0.2, 0.25) is 11.8 Å². The number of unbranched alkanes of at least 4 members (excludes halogenated alkanes) is 1. The molecule has 0 bridgehead atoms. The second kappa shape index (κ2) is 21.0. The number of fused-ring (bicyclic) bond motifs is 1. The van der Waals surface area contributed by atoms with Crippen molar-refractivity contribution in [1.29, 1.82) is 0 Å². The minimum atomic E-state index is -0.717. The maximum Gasteiger partial charge on any atom is 0.333 e. The van der Waals surface area contributed by atoms with E-state index in [1.54, 1.807) is 0 Å². The third kappa shape index (κ3) is 14.3. The maximum atomic E-state index is 12.0. The van der Waals surface area contributed by atoms with E-state index in [4.69, 9.17) is 19.0 Å². The van der Waals surface area contributed by atoms with Gasteiger partial charge in [-0.1, -0.05) is 6.42 Å². The third-order valence-electron chi connectivity index (χ3n) is 7.38. The van der Waals surface area contributed by atoms with Crippen LogP contribution in [0.25, 0.3) is 0 Å². The minimum absolute atomic E-state index is 0.0390. The molecule has 16 heteroatoms. The molecule has 3 atom stereocenters. The minimum Gasteiger partial charge on any atom is -0.379 e. The Labute approximate surface area is 267 Å². The smallest absolute Gasteiger partial charge is 0.333 e. The van der Waals surface area contributed by atoms with E-state index in [9.17, 15) is 28.8 Å². The molecule has 0 aromatic rings. The molecule has 45 heavy (non-hydrogen) atoms. The molecule has 4 N–H and O–H groups in total. The lowest BCUT2D eigenvalue weighted by molar-refractivity contribution is -0.197. The van der Waals surface area contributed by atoms with Gasteiger partial charge in [-0.05, 0) is 32.1 Å². The first kappa shape index (κ1) is 36.5. The second-order valence-corrected chi connectivity index (χ2v) is 12.3. The van der Waals surface area contributed by atoms with Crippen LogP contribution >= 0.6 is 11.8 Å². The highest BCUT2D eigenvalue weighted by Gasteiger charge is 2.42. The van der Waals surface area contributed by atoms with Crippen LogP contribution in [0, 0.1) is 0 Å². The number of hydrogen-bond acceptors (Lipinski definition) is 11. The lowest BCUT2D eigenvalue weighted by atomic mass is 10.0. The Bertz CT molecular complexity index is 987. The molecule has 3 aliphatic heterocycles. The van der Waals surface area contributed by atoms with Gasteiger partial charge in [-0.2, -0.15) is 11.8 Å². The van der Waals surface area contributed by atoms with Crippen molar-refractivity contribution >= 4 is 47.4 Å². The summed E-state index contributed by atoms with van der Waals surface area (Å²) in [7, 11) is 0. The van der Waals surface area contributed by atoms with Gasteiger partial charge in [-0.25, -0.2) is 9.59 Å². The number of imide groups is 1. The molecule has 3 aliphatic rings. The highest BCUT2D eigenvalue weighted by atomic mass is 32.2. The molecule has 0 saturated carbocycles. The van der Waals surface area contributed by atoms with Crippen molar-refractivity contribution in [3.8, 4) is 0 Å². The molecular formula is C29H47N5O10S. The zero-order valence-electron chi connectivity index (χ0n) is 25.8. The van der Waals surface area contributed by atoms with Gasteiger partial charge in [0.25, 0.3) is 11.8 Å². The molecule has 0 spiro atoms. The Kier molecular flexibility index (Phi) is 17.0. The Morgan fingerprint density at radius 2 is 1.31 bits per heavy atom. The van der Waals surface area contributed by atoms with Crippen molar-refractivity contribution in [2.24, 2.45) is 0 Å². The first-order chi connectivity index (χ1) is 21.8. The summed E-state index contributed by atoms with van der Waals surface area (Å²) in [4.78, 5) is 74.7. The largest absolute Gasteiger partial charge is 0.379 e. The second-order valence-electron chi connectivity index (χ2n) is 11.0. The molecule has 0 radical (unpaired) electrons. The number of urea groups is 1. The Morgan fingerprint density at radius 3 is 1.93 bits per heavy atom. The topological polar surface area (TPSA) is 191 Å². The fraction of sp³-hybridized carbons (Fsp3) is 0.793. The quantitative estimate of drug-likeness (QED) is 0.0644. The zero-order valence-corrected chi connectivity index (χ0v) is 26.6. The van der Waals surface area contributed by atoms with Crippen molar-refractivity contribution in [3.05, 3.63) is 0 Å². The van der Waals surface area contributed by atoms with E-state index in [-0.39, 0.29) is 62.0 Å². The predicted octanol–water partition coefficient (Wildman–Crippen LogP) is 0.552. The first-order valence-corrected chi connectivity index (χ1v) is 16.9. The van der Waals surface area contributed by atoms with Crippen LogP contribution in [0.5, 0.6) is 0 Å². The first-order valence-electron chi connectivity index (χ1n) is 15.9. The number of carbonyl (C=O) groups is 6. The number of nitrogens with one attached hydrogen (secondary N) is 4. The summed E-state index contributed by atoms with van der Waals surface area (Å²) in [6.07, 6.45) is 5.08. The van der Waals surface area contributed by atoms with Gasteiger partial charge in [0.15, 0.2) is 0 Å². The van der Waals surface area contributed by atoms with Crippen LogP contribution in [-0.2, 0) is 43.0 Å². The lowest BCUT2D eigenvalue weighted by Crippen LogP contribution is -2.36. The monoisotopic (exact) mass is 657 g/mol. The molecule has 3 saturated heterocycles. The van der Waals surface area contributed by atoms with Crippen molar-refractivity contribution < 1.29 is 47.8 Å². The average Bonchev–Trinajstić information content (AvgIpc) is 3.67. The van der Waals surface area contributed by atoms with E-state index in [1.807, 2.05) is 11.8 Å². The highest BCUT2D eigenvalue weighted by molar-refractivity contribution is 8.00. The van der Waals surface area contributed by atoms with E-state index in [0.717, 1.165) is 31.4 Å². The maximum absolute atomic E-state index is 12.0. The molecule has 3 heterocycles. The molecule has 0 unspecified atom stereocenters. The van der Waals surface area contributed by atoms with Crippen LogP contribution in [0.15, 0.2) is 0 Å². The fourth-order valence-electron chi connectivity index (χ4n) is 5.00. The van der Waals surface area contributed by atoms with Crippen molar-refractivity contribution in [2.75, 3.05) is 58.5 Å². The van der Waals surface area contributed by atoms with Crippen molar-refractivity contribution in [1.82, 2.24) is 26.3 Å². The summed E-state index contributed by atoms with van der Waals surface area (Å²) < 4.78 is 16.5. The number of nitrogens with zero attached hydrogens (tertiary/aromatic N) is 1. The predicted molar refractivity (Wildman–Crippen MR) is 163 cm³/mol. The Balaban J connectivity index is 0.993. The Hall–Kier alpha value is -2.95. The van der Waals surface area contributed by atoms with Gasteiger partial charge >= 0.3 is 12.0 Å². The number of carbonyl (C=O) groups excluding carboxylic acids is 6. The van der Waals surface area contributed by atoms with E-state index in [2.05, 4.69) is 21.3 Å². The summed E-state index contributed by atoms with van der Waals surface area (Å²) in [5.74, 6) is -0.975. The molecule has 3 fully saturated rings. The summed E-state index contributed by atoms with van der Waals surface area (Å²) in [5, 5.41) is 12.5. The standard InChI is InChI=1S/C29H47N5O10S/c35-23(7-2-1-6-22-28-21(20-45-22)32-29(40)33-28)30-12-4-14-41-16-18-43-19-17-42-15-5-13-31-24(36)8-3-9-27(39)44-34-25(37)10-11-26(34)38/h21-22,28H,1-20H2,(H,30,35)(H,31,36)(H2,32,33,40)/t21-,22-,28-/m0/s1. The molecule has 3 rings (SSSR count). The molecular weight excluding hydrogens is 610 g/mol. The summed E-state index contributed by atoms with van der Waals surface area (Å²) in [5.41, 5.74) is 0. The third-order valence-corrected chi connectivity index (χ3v) is 8.89. The van der Waals surface area contributed by atoms with Crippen LogP contribution < -0.4 is 21.3 Å². The molecule has 15 nitrogen and oxygen atoms in total. The Morgan fingerprint density at radius 1 is 0.733 bits per heavy atom. The summed E-state index contributed by atoms with van der Waals surface area (Å²) >= 11 is 1.89. The molecule has 254 valence electrons. The normalized spacial score (nSPS) is 20.6. The number of hydrogen-bond donors (Lipinski definition) is 4. The molecule has 0 aliphatic carbocycles. The summed E-state index contributed by atoms with van der Waals surface area (Å²) in [6, 6.07) is 0.384. The van der Waals surface area contributed by atoms with Crippen LogP contribution in [0.3, 0.4) is 0 Å². The van der Waals surface area contributed by atoms with Crippen LogP contribution in [0.2, 0.25) is 0 Å². The number of hydroxylamine groups is 2. The van der Waals surface area contributed by atoms with Gasteiger partial charge < -0.3 is 40.3 Å². The van der Waals surface area contributed by atoms with E-state index in [0.29, 0.717) is 75.9 Å². The van der Waals surface area contributed by atoms with Gasteiger partial charge in [-0.3, -0.25) is 19.2 Å². The number of rotatable bonds is 24. The van der Waals surface area contributed by atoms with Crippen LogP contribution in [-0.4, -0.2) is 117 Å². The van der Waals surface area contributed by atoms with E-state index < -0.39 is 17.8 Å². The van der Waals surface area contributed by atoms with E-state index >= 15 is 0 Å². The fourth-order valence-corrected chi connectivity index (χ4v) is 6.54. The number of amides is 6. The molecule has 0 aromatic heterocycles. The van der Waals surface area contributed by atoms with Gasteiger partial charge in [0.1, 0.15) is 0 Å². The molecule has 6 amide bonds. The van der Waals surface area contributed by atoms with Gasteiger partial charge in [0, 0.05) is 69.4 Å². The number of thioether (sulfide) groups is 1. The molecule has 0 aromatic carbocycles. The van der Waals surface area contributed by atoms with Crippen molar-refractivity contribution in [3.63, 3.8) is 0 Å². The van der Waals surface area contributed by atoms with Crippen LogP contribution in [0.1, 0.15) is 70.6 Å². The SMILES string of the molecule is O=C(CCCC[C@@H]1SC[C@@H]2NC(=O)N[C@@H]21)NCCCOCCOCCOCCCNC(=O)CCCC(=O)ON1C(=O)CCC1=O. The zero-order chi connectivity index (χ0) is 32.3. The number of ether oxygens (including phenoxy) is 3. The lowest BCUT2D eigenvalue weighted by Gasteiger charge is -2.16. The van der Waals surface area contributed by atoms with Crippen molar-refractivity contribution in [2.45, 2.75) is 88.0 Å². The van der Waals surface area contributed by atoms with Gasteiger partial charge in [-0.15, -0.1) is 5.06 Å². The van der Waals surface area contributed by atoms with E-state index in [1.165, 1.54) is 0 Å². The van der Waals surface area contributed by atoms with Gasteiger partial charge in [0.05, 0.1) is 38.5 Å².